The van der Waals surface area contributed by atoms with Gasteiger partial charge in [-0.15, -0.1) is 0 Å². The summed E-state index contributed by atoms with van der Waals surface area (Å²) in [6.07, 6.45) is 0. The molecule has 0 N–H and O–H groups in total. The molecule has 1 spiro atoms. The first-order valence-electron chi connectivity index (χ1n) is 21.3. The molecule has 4 heteroatoms. The number of rotatable bonds is 2. The number of hydrogen-bond acceptors (Lipinski definition) is 0. The Hall–Kier alpha value is -7.14. The van der Waals surface area contributed by atoms with Gasteiger partial charge in [0.2, 0.25) is 0 Å². The minimum Gasteiger partial charge on any atom is -0.310 e. The van der Waals surface area contributed by atoms with Crippen molar-refractivity contribution in [2.45, 2.75) is 13.8 Å². The van der Waals surface area contributed by atoms with Crippen LogP contribution in [0.2, 0.25) is 0 Å². The van der Waals surface area contributed by atoms with Crippen LogP contribution in [-0.2, 0) is 0 Å². The molecule has 0 unspecified atom stereocenters. The Morgan fingerprint density at radius 3 is 1.82 bits per heavy atom. The summed E-state index contributed by atoms with van der Waals surface area (Å²) in [4.78, 5) is 0. The molecule has 2 aromatic heterocycles. The molecule has 0 saturated heterocycles. The molecule has 0 aliphatic carbocycles. The predicted molar refractivity (Wildman–Crippen MR) is 256 cm³/mol. The van der Waals surface area contributed by atoms with Gasteiger partial charge in [-0.3, -0.25) is 0 Å². The van der Waals surface area contributed by atoms with Crippen molar-refractivity contribution in [1.82, 2.24) is 9.13 Å². The van der Waals surface area contributed by atoms with Crippen LogP contribution in [0.5, 0.6) is 0 Å². The van der Waals surface area contributed by atoms with Gasteiger partial charge < -0.3 is 9.13 Å². The molecule has 2 nitrogen and oxygen atoms in total. The van der Waals surface area contributed by atoms with Gasteiger partial charge in [0.1, 0.15) is 0 Å². The maximum atomic E-state index is 2.76. The maximum Gasteiger partial charge on any atom is 0.253 e. The van der Waals surface area contributed by atoms with Gasteiger partial charge in [0, 0.05) is 38.6 Å². The van der Waals surface area contributed by atoms with E-state index in [1.54, 1.807) is 0 Å². The highest BCUT2D eigenvalue weighted by Crippen LogP contribution is 2.47. The van der Waals surface area contributed by atoms with Gasteiger partial charge in [0.15, 0.2) is 8.07 Å². The van der Waals surface area contributed by atoms with Crippen LogP contribution in [0, 0.1) is 13.8 Å². The second-order valence-electron chi connectivity index (χ2n) is 17.7. The highest BCUT2D eigenvalue weighted by molar-refractivity contribution is 7.24. The number of nitrogens with zero attached hydrogens (tertiary/aromatic N) is 2. The Morgan fingerprint density at radius 1 is 0.433 bits per heavy atom. The molecule has 0 fully saturated rings. The molecular weight excluding hydrogens is 740 g/mol. The van der Waals surface area contributed by atoms with E-state index in [1.165, 1.54) is 137 Å². The fourth-order valence-corrected chi connectivity index (χ4v) is 18.5. The third kappa shape index (κ3) is 3.47. The lowest BCUT2D eigenvalue weighted by Gasteiger charge is -2.43. The highest BCUT2D eigenvalue weighted by Gasteiger charge is 2.56. The van der Waals surface area contributed by atoms with Crippen molar-refractivity contribution in [3.8, 4) is 44.9 Å². The minimum absolute atomic E-state index is 0.0398. The summed E-state index contributed by atoms with van der Waals surface area (Å²) in [5, 5.41) is 12.8. The van der Waals surface area contributed by atoms with Crippen LogP contribution >= 0.6 is 0 Å². The Kier molecular flexibility index (Phi) is 5.68. The lowest BCUT2D eigenvalue weighted by molar-refractivity contribution is 1.12. The Labute approximate surface area is 348 Å². The van der Waals surface area contributed by atoms with Crippen LogP contribution in [0.3, 0.4) is 0 Å². The van der Waals surface area contributed by atoms with Crippen molar-refractivity contribution in [2.24, 2.45) is 0 Å². The van der Waals surface area contributed by atoms with Gasteiger partial charge in [0.25, 0.3) is 6.71 Å². The monoisotopic (exact) mass is 774 g/mol. The van der Waals surface area contributed by atoms with E-state index in [0.717, 1.165) is 0 Å². The fourth-order valence-electron chi connectivity index (χ4n) is 12.8. The minimum atomic E-state index is -2.85. The number of hydrogen-bond donors (Lipinski definition) is 0. The molecule has 0 amide bonds. The lowest BCUT2D eigenvalue weighted by Crippen LogP contribution is -2.77. The largest absolute Gasteiger partial charge is 0.310 e. The molecule has 6 heterocycles. The molecule has 0 bridgehead atoms. The summed E-state index contributed by atoms with van der Waals surface area (Å²) in [5.41, 5.74) is 21.6. The van der Waals surface area contributed by atoms with E-state index in [1.807, 2.05) is 0 Å². The van der Waals surface area contributed by atoms with Crippen molar-refractivity contribution in [3.63, 3.8) is 0 Å². The van der Waals surface area contributed by atoms with Crippen molar-refractivity contribution >= 4 is 95.4 Å². The Bertz CT molecular complexity index is 3750. The smallest absolute Gasteiger partial charge is 0.253 e. The van der Waals surface area contributed by atoms with Crippen LogP contribution in [0.25, 0.3) is 88.4 Å². The van der Waals surface area contributed by atoms with Crippen LogP contribution in [0.1, 0.15) is 11.1 Å². The van der Waals surface area contributed by atoms with Gasteiger partial charge in [-0.25, -0.2) is 0 Å². The Balaban J connectivity index is 1.24. The first-order chi connectivity index (χ1) is 29.6. The van der Waals surface area contributed by atoms with E-state index in [0.29, 0.717) is 0 Å². The second kappa shape index (κ2) is 10.7. The third-order valence-corrected chi connectivity index (χ3v) is 19.6. The van der Waals surface area contributed by atoms with Crippen LogP contribution in [0.15, 0.2) is 176 Å². The van der Waals surface area contributed by atoms with Gasteiger partial charge in [-0.05, 0) is 108 Å². The zero-order valence-corrected chi connectivity index (χ0v) is 34.2. The number of aryl methyl sites for hydroxylation is 2. The summed E-state index contributed by atoms with van der Waals surface area (Å²) in [6.45, 7) is 4.67. The molecule has 9 aromatic carbocycles. The van der Waals surface area contributed by atoms with Gasteiger partial charge in [0.05, 0.1) is 16.7 Å². The van der Waals surface area contributed by atoms with E-state index < -0.39 is 8.07 Å². The molecule has 0 radical (unpaired) electrons. The second-order valence-corrected chi connectivity index (χ2v) is 21.3. The zero-order chi connectivity index (χ0) is 39.2. The molecule has 60 heavy (non-hydrogen) atoms. The lowest BCUT2D eigenvalue weighted by atomic mass is 9.33. The van der Waals surface area contributed by atoms with Crippen LogP contribution < -0.4 is 37.1 Å². The van der Waals surface area contributed by atoms with Gasteiger partial charge in [-0.2, -0.15) is 0 Å². The molecule has 11 aromatic rings. The fraction of sp³-hybridized carbons (Fsp3) is 0.0357. The van der Waals surface area contributed by atoms with E-state index in [4.69, 9.17) is 0 Å². The number of benzene rings is 9. The van der Waals surface area contributed by atoms with Crippen LogP contribution in [0.4, 0.5) is 0 Å². The summed E-state index contributed by atoms with van der Waals surface area (Å²) < 4.78 is 5.45. The molecule has 0 saturated carbocycles. The van der Waals surface area contributed by atoms with E-state index in [-0.39, 0.29) is 6.71 Å². The van der Waals surface area contributed by atoms with Crippen molar-refractivity contribution in [1.29, 1.82) is 0 Å². The Morgan fingerprint density at radius 2 is 1.07 bits per heavy atom. The molecule has 276 valence electrons. The van der Waals surface area contributed by atoms with E-state index >= 15 is 0 Å². The third-order valence-electron chi connectivity index (χ3n) is 14.7. The summed E-state index contributed by atoms with van der Waals surface area (Å²) in [6, 6.07) is 68.0. The first kappa shape index (κ1) is 31.8. The predicted octanol–water partition coefficient (Wildman–Crippen LogP) is 8.65. The van der Waals surface area contributed by atoms with Crippen molar-refractivity contribution in [3.05, 3.63) is 187 Å². The standard InChI is InChI=1S/C56H35BN2Si/c1-32-27-40-41-28-33(2)30-48-54(41)59-53(40)43(29-32)57-50-37-20-10-9-19-36(37)31-42-49(34-15-5-3-6-16-34)52(35-17-7-4-8-18-35)58(55(42)50)44-25-26-47(56(59)51(44)57)60(48)45-23-13-11-21-38(45)39-22-12-14-24-46(39)60/h3-31H,1-2H3. The molecule has 4 aliphatic rings. The quantitative estimate of drug-likeness (QED) is 0.156. The first-order valence-corrected chi connectivity index (χ1v) is 23.3. The number of aromatic nitrogens is 2. The summed E-state index contributed by atoms with van der Waals surface area (Å²) in [7, 11) is -2.85. The molecule has 4 aliphatic heterocycles. The van der Waals surface area contributed by atoms with Crippen molar-refractivity contribution < 1.29 is 0 Å². The molecule has 0 atom stereocenters. The van der Waals surface area contributed by atoms with E-state index in [9.17, 15) is 0 Å². The highest BCUT2D eigenvalue weighted by atomic mass is 28.3. The van der Waals surface area contributed by atoms with Crippen LogP contribution in [-0.4, -0.2) is 23.9 Å². The van der Waals surface area contributed by atoms with E-state index in [2.05, 4.69) is 199 Å². The van der Waals surface area contributed by atoms with Gasteiger partial charge >= 0.3 is 0 Å². The summed E-state index contributed by atoms with van der Waals surface area (Å²) >= 11 is 0. The molecule has 15 rings (SSSR count). The van der Waals surface area contributed by atoms with Gasteiger partial charge in [-0.1, -0.05) is 163 Å². The average Bonchev–Trinajstić information content (AvgIpc) is 3.91. The topological polar surface area (TPSA) is 9.86 Å². The normalized spacial score (nSPS) is 14.3. The SMILES string of the molecule is Cc1cc2c3c(c1)c1cc(C)cc4c1n3-c1c(ccc3c1B2c1c2ccccc2cc2c(-c5ccccc5)c(-c5ccccc5)n-3c12)[Si]41c2ccccc2-c2ccccc21. The molecular formula is C56H35BN2Si. The maximum absolute atomic E-state index is 2.85. The zero-order valence-electron chi connectivity index (χ0n) is 33.2. The number of fused-ring (bicyclic) bond motifs is 13. The average molecular weight is 775 g/mol. The van der Waals surface area contributed by atoms with Crippen molar-refractivity contribution in [2.75, 3.05) is 0 Å². The summed E-state index contributed by atoms with van der Waals surface area (Å²) in [5.74, 6) is 0.